The molecule has 4 heteroatoms. The van der Waals surface area contributed by atoms with Crippen LogP contribution in [0.15, 0.2) is 6.07 Å². The summed E-state index contributed by atoms with van der Waals surface area (Å²) in [5.41, 5.74) is 0.406. The Balaban J connectivity index is 1.98. The van der Waals surface area contributed by atoms with E-state index in [0.717, 1.165) is 18.2 Å². The Morgan fingerprint density at radius 3 is 2.68 bits per heavy atom. The fraction of sp³-hybridized carbons (Fsp3) is 0.733. The maximum atomic E-state index is 5.45. The molecule has 19 heavy (non-hydrogen) atoms. The maximum Gasteiger partial charge on any atom is 0.218 e. The standard InChI is InChI=1S/C15H25N3O/c1-4-19-14-10-13(17-12(2)18-14)16-11-15(3)8-6-5-7-9-15/h10H,4-9,11H2,1-3H3,(H,16,17,18). The lowest BCUT2D eigenvalue weighted by Crippen LogP contribution is -2.29. The van der Waals surface area contributed by atoms with E-state index in [4.69, 9.17) is 4.74 Å². The van der Waals surface area contributed by atoms with Gasteiger partial charge in [-0.1, -0.05) is 26.2 Å². The average Bonchev–Trinajstić information content (AvgIpc) is 2.37. The lowest BCUT2D eigenvalue weighted by molar-refractivity contribution is 0.233. The Hall–Kier alpha value is -1.32. The van der Waals surface area contributed by atoms with Crippen molar-refractivity contribution in [3.8, 4) is 5.88 Å². The largest absolute Gasteiger partial charge is 0.478 e. The highest BCUT2D eigenvalue weighted by molar-refractivity contribution is 5.38. The number of hydrogen-bond donors (Lipinski definition) is 1. The van der Waals surface area contributed by atoms with Crippen LogP contribution in [0.3, 0.4) is 0 Å². The highest BCUT2D eigenvalue weighted by atomic mass is 16.5. The van der Waals surface area contributed by atoms with Gasteiger partial charge >= 0.3 is 0 Å². The first-order chi connectivity index (χ1) is 9.11. The molecule has 1 heterocycles. The van der Waals surface area contributed by atoms with Gasteiger partial charge in [-0.3, -0.25) is 0 Å². The Morgan fingerprint density at radius 1 is 1.26 bits per heavy atom. The zero-order valence-corrected chi connectivity index (χ0v) is 12.3. The van der Waals surface area contributed by atoms with Crippen LogP contribution in [0.1, 0.15) is 51.8 Å². The summed E-state index contributed by atoms with van der Waals surface area (Å²) in [7, 11) is 0. The van der Waals surface area contributed by atoms with Gasteiger partial charge in [0, 0.05) is 12.6 Å². The zero-order chi connectivity index (χ0) is 13.7. The van der Waals surface area contributed by atoms with E-state index in [9.17, 15) is 0 Å². The van der Waals surface area contributed by atoms with Crippen LogP contribution >= 0.6 is 0 Å². The Morgan fingerprint density at radius 2 is 2.00 bits per heavy atom. The third kappa shape index (κ3) is 4.08. The molecular formula is C15H25N3O. The van der Waals surface area contributed by atoms with E-state index >= 15 is 0 Å². The molecule has 0 amide bonds. The second-order valence-corrected chi connectivity index (χ2v) is 5.80. The normalized spacial score (nSPS) is 18.1. The second kappa shape index (κ2) is 6.22. The smallest absolute Gasteiger partial charge is 0.218 e. The molecule has 0 atom stereocenters. The highest BCUT2D eigenvalue weighted by Crippen LogP contribution is 2.35. The second-order valence-electron chi connectivity index (χ2n) is 5.80. The summed E-state index contributed by atoms with van der Waals surface area (Å²) >= 11 is 0. The van der Waals surface area contributed by atoms with Gasteiger partial charge in [0.25, 0.3) is 0 Å². The third-order valence-corrected chi connectivity index (χ3v) is 3.86. The van der Waals surface area contributed by atoms with Crippen molar-refractivity contribution in [3.63, 3.8) is 0 Å². The molecule has 0 aromatic carbocycles. The molecule has 0 aliphatic heterocycles. The molecule has 0 bridgehead atoms. The van der Waals surface area contributed by atoms with E-state index in [2.05, 4.69) is 22.2 Å². The quantitative estimate of drug-likeness (QED) is 0.882. The van der Waals surface area contributed by atoms with Crippen molar-refractivity contribution < 1.29 is 4.74 Å². The van der Waals surface area contributed by atoms with Crippen LogP contribution in [-0.4, -0.2) is 23.1 Å². The number of rotatable bonds is 5. The van der Waals surface area contributed by atoms with Gasteiger partial charge in [-0.25, -0.2) is 4.98 Å². The molecule has 1 N–H and O–H groups in total. The molecule has 0 unspecified atom stereocenters. The molecule has 0 radical (unpaired) electrons. The van der Waals surface area contributed by atoms with Crippen LogP contribution in [-0.2, 0) is 0 Å². The fourth-order valence-electron chi connectivity index (χ4n) is 2.74. The van der Waals surface area contributed by atoms with Crippen LogP contribution in [0.25, 0.3) is 0 Å². The fourth-order valence-corrected chi connectivity index (χ4v) is 2.74. The van der Waals surface area contributed by atoms with Gasteiger partial charge in [-0.2, -0.15) is 4.98 Å². The van der Waals surface area contributed by atoms with Crippen molar-refractivity contribution in [1.82, 2.24) is 9.97 Å². The number of hydrogen-bond acceptors (Lipinski definition) is 4. The highest BCUT2D eigenvalue weighted by Gasteiger charge is 2.26. The van der Waals surface area contributed by atoms with Gasteiger partial charge in [0.1, 0.15) is 11.6 Å². The summed E-state index contributed by atoms with van der Waals surface area (Å²) in [6, 6.07) is 1.89. The first kappa shape index (κ1) is 14.1. The summed E-state index contributed by atoms with van der Waals surface area (Å²) in [6.07, 6.45) is 6.71. The summed E-state index contributed by atoms with van der Waals surface area (Å²) in [5, 5.41) is 3.46. The Labute approximate surface area is 116 Å². The Kier molecular flexibility index (Phi) is 4.61. The van der Waals surface area contributed by atoms with Crippen LogP contribution in [0.5, 0.6) is 5.88 Å². The molecule has 2 rings (SSSR count). The lowest BCUT2D eigenvalue weighted by Gasteiger charge is -2.33. The molecule has 106 valence electrons. The van der Waals surface area contributed by atoms with E-state index in [-0.39, 0.29) is 0 Å². The van der Waals surface area contributed by atoms with Gasteiger partial charge in [0.15, 0.2) is 0 Å². The number of nitrogens with zero attached hydrogens (tertiary/aromatic N) is 2. The minimum absolute atomic E-state index is 0.406. The van der Waals surface area contributed by atoms with Crippen LogP contribution < -0.4 is 10.1 Å². The lowest BCUT2D eigenvalue weighted by atomic mass is 9.76. The molecule has 1 saturated carbocycles. The number of aromatic nitrogens is 2. The van der Waals surface area contributed by atoms with Crippen molar-refractivity contribution in [2.24, 2.45) is 5.41 Å². The molecule has 0 spiro atoms. The number of aryl methyl sites for hydroxylation is 1. The first-order valence-electron chi connectivity index (χ1n) is 7.34. The summed E-state index contributed by atoms with van der Waals surface area (Å²) in [4.78, 5) is 8.69. The van der Waals surface area contributed by atoms with E-state index < -0.39 is 0 Å². The third-order valence-electron chi connectivity index (χ3n) is 3.86. The molecule has 0 saturated heterocycles. The number of ether oxygens (including phenoxy) is 1. The van der Waals surface area contributed by atoms with Gasteiger partial charge in [0.05, 0.1) is 6.61 Å². The monoisotopic (exact) mass is 263 g/mol. The minimum atomic E-state index is 0.406. The van der Waals surface area contributed by atoms with Crippen molar-refractivity contribution >= 4 is 5.82 Å². The summed E-state index contributed by atoms with van der Waals surface area (Å²) in [5.74, 6) is 2.29. The van der Waals surface area contributed by atoms with Crippen molar-refractivity contribution in [2.75, 3.05) is 18.5 Å². The summed E-state index contributed by atoms with van der Waals surface area (Å²) in [6.45, 7) is 7.85. The molecule has 1 aromatic rings. The molecular weight excluding hydrogens is 238 g/mol. The molecule has 1 aromatic heterocycles. The van der Waals surface area contributed by atoms with Gasteiger partial charge < -0.3 is 10.1 Å². The van der Waals surface area contributed by atoms with E-state index in [1.54, 1.807) is 0 Å². The van der Waals surface area contributed by atoms with Crippen LogP contribution in [0.4, 0.5) is 5.82 Å². The van der Waals surface area contributed by atoms with Gasteiger partial charge in [-0.05, 0) is 32.1 Å². The molecule has 1 aliphatic carbocycles. The topological polar surface area (TPSA) is 47.0 Å². The predicted octanol–water partition coefficient (Wildman–Crippen LogP) is 3.57. The van der Waals surface area contributed by atoms with Crippen LogP contribution in [0, 0.1) is 12.3 Å². The molecule has 4 nitrogen and oxygen atoms in total. The van der Waals surface area contributed by atoms with Crippen LogP contribution in [0.2, 0.25) is 0 Å². The number of nitrogens with one attached hydrogen (secondary N) is 1. The van der Waals surface area contributed by atoms with Crippen molar-refractivity contribution in [3.05, 3.63) is 11.9 Å². The maximum absolute atomic E-state index is 5.45. The van der Waals surface area contributed by atoms with E-state index in [1.165, 1.54) is 32.1 Å². The minimum Gasteiger partial charge on any atom is -0.478 e. The van der Waals surface area contributed by atoms with Crippen molar-refractivity contribution in [1.29, 1.82) is 0 Å². The van der Waals surface area contributed by atoms with Gasteiger partial charge in [-0.15, -0.1) is 0 Å². The van der Waals surface area contributed by atoms with E-state index in [0.29, 0.717) is 17.9 Å². The first-order valence-corrected chi connectivity index (χ1v) is 7.34. The van der Waals surface area contributed by atoms with Crippen molar-refractivity contribution in [2.45, 2.75) is 52.9 Å². The SMILES string of the molecule is CCOc1cc(NCC2(C)CCCCC2)nc(C)n1. The number of anilines is 1. The Bertz CT molecular complexity index is 414. The van der Waals surface area contributed by atoms with Gasteiger partial charge in [0.2, 0.25) is 5.88 Å². The van der Waals surface area contributed by atoms with E-state index in [1.807, 2.05) is 19.9 Å². The molecule has 1 fully saturated rings. The summed E-state index contributed by atoms with van der Waals surface area (Å²) < 4.78 is 5.45. The molecule has 1 aliphatic rings. The predicted molar refractivity (Wildman–Crippen MR) is 77.6 cm³/mol. The average molecular weight is 263 g/mol. The zero-order valence-electron chi connectivity index (χ0n) is 12.3.